The molecule has 0 atom stereocenters. The van der Waals surface area contributed by atoms with Crippen LogP contribution in [0.5, 0.6) is 11.5 Å². The lowest BCUT2D eigenvalue weighted by atomic mass is 10.2. The Hall–Kier alpha value is -1.04. The van der Waals surface area contributed by atoms with Gasteiger partial charge in [-0.05, 0) is 12.1 Å². The highest BCUT2D eigenvalue weighted by Crippen LogP contribution is 2.36. The van der Waals surface area contributed by atoms with Crippen LogP contribution in [-0.4, -0.2) is 20.1 Å². The molecule has 0 unspecified atom stereocenters. The monoisotopic (exact) mass is 258 g/mol. The van der Waals surface area contributed by atoms with Gasteiger partial charge in [0, 0.05) is 12.3 Å². The van der Waals surface area contributed by atoms with Crippen molar-refractivity contribution in [1.82, 2.24) is 0 Å². The van der Waals surface area contributed by atoms with Crippen LogP contribution in [0.1, 0.15) is 12.0 Å². The number of methoxy groups -OCH3 is 2. The molecule has 0 N–H and O–H groups in total. The molecule has 0 aliphatic heterocycles. The smallest absolute Gasteiger partial charge is 0.156 e. The molecule has 16 heavy (non-hydrogen) atoms. The first-order valence-electron chi connectivity index (χ1n) is 4.70. The van der Waals surface area contributed by atoms with Crippen molar-refractivity contribution < 1.29 is 9.47 Å². The third-order valence-corrected chi connectivity index (χ3v) is 2.48. The first-order chi connectivity index (χ1) is 7.74. The standard InChI is InChI=1S/C12H12Cl2O2/c1-15-10-7-6-9(5-3-4-8-13)12(16-2)11(10)14/h6-7H,4,8H2,1-2H3. The van der Waals surface area contributed by atoms with Crippen molar-refractivity contribution >= 4 is 23.2 Å². The van der Waals surface area contributed by atoms with Crippen molar-refractivity contribution in [2.45, 2.75) is 6.42 Å². The minimum Gasteiger partial charge on any atom is -0.495 e. The second-order valence-corrected chi connectivity index (χ2v) is 3.66. The van der Waals surface area contributed by atoms with Gasteiger partial charge in [0.1, 0.15) is 10.8 Å². The molecule has 0 saturated carbocycles. The fourth-order valence-corrected chi connectivity index (χ4v) is 1.61. The molecule has 4 heteroatoms. The SMILES string of the molecule is COc1ccc(C#CCCCl)c(OC)c1Cl. The lowest BCUT2D eigenvalue weighted by Crippen LogP contribution is -1.92. The van der Waals surface area contributed by atoms with Crippen LogP contribution in [0.15, 0.2) is 12.1 Å². The Morgan fingerprint density at radius 3 is 2.56 bits per heavy atom. The lowest BCUT2D eigenvalue weighted by molar-refractivity contribution is 0.394. The zero-order chi connectivity index (χ0) is 12.0. The summed E-state index contributed by atoms with van der Waals surface area (Å²) in [7, 11) is 3.10. The summed E-state index contributed by atoms with van der Waals surface area (Å²) in [5, 5.41) is 0.433. The van der Waals surface area contributed by atoms with E-state index in [0.717, 1.165) is 5.56 Å². The van der Waals surface area contributed by atoms with Crippen LogP contribution in [0, 0.1) is 11.8 Å². The molecule has 0 aliphatic carbocycles. The van der Waals surface area contributed by atoms with Gasteiger partial charge in [-0.1, -0.05) is 23.4 Å². The van der Waals surface area contributed by atoms with E-state index in [-0.39, 0.29) is 0 Å². The van der Waals surface area contributed by atoms with Gasteiger partial charge in [0.25, 0.3) is 0 Å². The second kappa shape index (κ2) is 6.52. The first-order valence-corrected chi connectivity index (χ1v) is 5.61. The average molecular weight is 259 g/mol. The molecule has 0 heterocycles. The molecule has 2 nitrogen and oxygen atoms in total. The van der Waals surface area contributed by atoms with Gasteiger partial charge in [0.15, 0.2) is 5.75 Å². The molecule has 1 aromatic carbocycles. The topological polar surface area (TPSA) is 18.5 Å². The van der Waals surface area contributed by atoms with Crippen LogP contribution in [0.3, 0.4) is 0 Å². The number of rotatable bonds is 3. The number of benzene rings is 1. The van der Waals surface area contributed by atoms with E-state index in [1.807, 2.05) is 6.07 Å². The maximum absolute atomic E-state index is 6.08. The van der Waals surface area contributed by atoms with E-state index in [1.54, 1.807) is 20.3 Å². The van der Waals surface area contributed by atoms with Gasteiger partial charge >= 0.3 is 0 Å². The lowest BCUT2D eigenvalue weighted by Gasteiger charge is -2.09. The zero-order valence-electron chi connectivity index (χ0n) is 9.14. The van der Waals surface area contributed by atoms with Crippen LogP contribution in [-0.2, 0) is 0 Å². The summed E-state index contributed by atoms with van der Waals surface area (Å²) in [6, 6.07) is 3.57. The molecule has 0 radical (unpaired) electrons. The van der Waals surface area contributed by atoms with Crippen LogP contribution in [0.2, 0.25) is 5.02 Å². The van der Waals surface area contributed by atoms with Crippen molar-refractivity contribution in [3.8, 4) is 23.3 Å². The minimum atomic E-state index is 0.433. The Morgan fingerprint density at radius 2 is 2.00 bits per heavy atom. The average Bonchev–Trinajstić information content (AvgIpc) is 2.30. The largest absolute Gasteiger partial charge is 0.495 e. The van der Waals surface area contributed by atoms with Crippen LogP contribution >= 0.6 is 23.2 Å². The fraction of sp³-hybridized carbons (Fsp3) is 0.333. The molecule has 0 saturated heterocycles. The zero-order valence-corrected chi connectivity index (χ0v) is 10.7. The van der Waals surface area contributed by atoms with Crippen LogP contribution in [0.4, 0.5) is 0 Å². The number of hydrogen-bond acceptors (Lipinski definition) is 2. The fourth-order valence-electron chi connectivity index (χ4n) is 1.20. The summed E-state index contributed by atoms with van der Waals surface area (Å²) in [5.41, 5.74) is 0.735. The Morgan fingerprint density at radius 1 is 1.25 bits per heavy atom. The van der Waals surface area contributed by atoms with Gasteiger partial charge in [-0.25, -0.2) is 0 Å². The molecule has 1 rings (SSSR count). The van der Waals surface area contributed by atoms with Gasteiger partial charge < -0.3 is 9.47 Å². The number of ether oxygens (including phenoxy) is 2. The Kier molecular flexibility index (Phi) is 5.31. The van der Waals surface area contributed by atoms with Crippen molar-refractivity contribution in [1.29, 1.82) is 0 Å². The van der Waals surface area contributed by atoms with E-state index >= 15 is 0 Å². The summed E-state index contributed by atoms with van der Waals surface area (Å²) in [6.07, 6.45) is 0.633. The molecule has 0 fully saturated rings. The number of alkyl halides is 1. The maximum Gasteiger partial charge on any atom is 0.156 e. The van der Waals surface area contributed by atoms with Gasteiger partial charge in [0.2, 0.25) is 0 Å². The molecular formula is C12H12Cl2O2. The van der Waals surface area contributed by atoms with Crippen molar-refractivity contribution in [2.75, 3.05) is 20.1 Å². The van der Waals surface area contributed by atoms with Gasteiger partial charge in [-0.15, -0.1) is 11.6 Å². The molecule has 1 aromatic rings. The second-order valence-electron chi connectivity index (χ2n) is 2.90. The summed E-state index contributed by atoms with van der Waals surface area (Å²) >= 11 is 11.6. The van der Waals surface area contributed by atoms with Crippen LogP contribution in [0.25, 0.3) is 0 Å². The normalized spacial score (nSPS) is 9.25. The number of halogens is 2. The number of hydrogen-bond donors (Lipinski definition) is 0. The maximum atomic E-state index is 6.08. The third kappa shape index (κ3) is 2.98. The van der Waals surface area contributed by atoms with Crippen molar-refractivity contribution in [3.05, 3.63) is 22.7 Å². The highest BCUT2D eigenvalue weighted by atomic mass is 35.5. The van der Waals surface area contributed by atoms with Crippen LogP contribution < -0.4 is 9.47 Å². The Bertz CT molecular complexity index is 419. The van der Waals surface area contributed by atoms with E-state index in [2.05, 4.69) is 11.8 Å². The van der Waals surface area contributed by atoms with E-state index < -0.39 is 0 Å². The molecule has 86 valence electrons. The summed E-state index contributed by atoms with van der Waals surface area (Å²) < 4.78 is 10.3. The minimum absolute atomic E-state index is 0.433. The molecule has 0 aromatic heterocycles. The van der Waals surface area contributed by atoms with Gasteiger partial charge in [-0.3, -0.25) is 0 Å². The van der Waals surface area contributed by atoms with Crippen molar-refractivity contribution in [2.24, 2.45) is 0 Å². The summed E-state index contributed by atoms with van der Waals surface area (Å²) in [4.78, 5) is 0. The van der Waals surface area contributed by atoms with E-state index in [1.165, 1.54) is 0 Å². The quantitative estimate of drug-likeness (QED) is 0.612. The van der Waals surface area contributed by atoms with Crippen molar-refractivity contribution in [3.63, 3.8) is 0 Å². The predicted molar refractivity (Wildman–Crippen MR) is 66.8 cm³/mol. The highest BCUT2D eigenvalue weighted by molar-refractivity contribution is 6.33. The Balaban J connectivity index is 3.12. The Labute approximate surface area is 105 Å². The molecular weight excluding hydrogens is 247 g/mol. The summed E-state index contributed by atoms with van der Waals surface area (Å²) in [6.45, 7) is 0. The van der Waals surface area contributed by atoms with E-state index in [9.17, 15) is 0 Å². The molecule has 0 amide bonds. The third-order valence-electron chi connectivity index (χ3n) is 1.93. The van der Waals surface area contributed by atoms with E-state index in [0.29, 0.717) is 28.8 Å². The summed E-state index contributed by atoms with van der Waals surface area (Å²) in [5.74, 6) is 7.50. The van der Waals surface area contributed by atoms with E-state index in [4.69, 9.17) is 32.7 Å². The first kappa shape index (κ1) is 13.0. The highest BCUT2D eigenvalue weighted by Gasteiger charge is 2.11. The molecule has 0 bridgehead atoms. The molecule has 0 spiro atoms. The van der Waals surface area contributed by atoms with Gasteiger partial charge in [-0.2, -0.15) is 0 Å². The predicted octanol–water partition coefficient (Wildman–Crippen LogP) is 3.34. The molecule has 0 aliphatic rings. The van der Waals surface area contributed by atoms with Gasteiger partial charge in [0.05, 0.1) is 19.8 Å².